The third kappa shape index (κ3) is 2.76. The number of nitrogens with one attached hydrogen (secondary N) is 1. The van der Waals surface area contributed by atoms with E-state index in [9.17, 15) is 9.59 Å². The average molecular weight is 235 g/mol. The largest absolute Gasteiger partial charge is 0.388 e. The van der Waals surface area contributed by atoms with E-state index in [4.69, 9.17) is 0 Å². The third-order valence-electron chi connectivity index (χ3n) is 3.58. The summed E-state index contributed by atoms with van der Waals surface area (Å²) in [6.45, 7) is 4.87. The summed E-state index contributed by atoms with van der Waals surface area (Å²) in [6, 6.07) is 0. The Morgan fingerprint density at radius 2 is 1.65 bits per heavy atom. The summed E-state index contributed by atoms with van der Waals surface area (Å²) >= 11 is 0. The molecule has 0 aromatic heterocycles. The molecule has 0 aromatic rings. The summed E-state index contributed by atoms with van der Waals surface area (Å²) in [5.41, 5.74) is 1.22. The fourth-order valence-corrected chi connectivity index (χ4v) is 2.75. The number of rotatable bonds is 0. The predicted molar refractivity (Wildman–Crippen MR) is 66.5 cm³/mol. The van der Waals surface area contributed by atoms with Crippen LogP contribution in [0, 0.1) is 5.41 Å². The van der Waals surface area contributed by atoms with Gasteiger partial charge in [-0.15, -0.1) is 0 Å². The van der Waals surface area contributed by atoms with E-state index in [1.54, 1.807) is 0 Å². The van der Waals surface area contributed by atoms with E-state index >= 15 is 0 Å². The SMILES string of the molecule is CC1(C)CC(=O)C(=C2CCCCCN2)C(=O)C1. The van der Waals surface area contributed by atoms with Crippen molar-refractivity contribution in [3.05, 3.63) is 11.3 Å². The second-order valence-electron chi connectivity index (χ2n) is 5.96. The molecule has 94 valence electrons. The first-order valence-electron chi connectivity index (χ1n) is 6.53. The molecule has 1 aliphatic heterocycles. The molecule has 1 heterocycles. The van der Waals surface area contributed by atoms with E-state index in [2.05, 4.69) is 5.32 Å². The molecule has 1 aliphatic carbocycles. The number of hydrogen-bond donors (Lipinski definition) is 1. The molecule has 0 amide bonds. The molecule has 3 heteroatoms. The summed E-state index contributed by atoms with van der Waals surface area (Å²) in [4.78, 5) is 24.2. The Morgan fingerprint density at radius 3 is 2.29 bits per heavy atom. The van der Waals surface area contributed by atoms with Gasteiger partial charge in [-0.3, -0.25) is 9.59 Å². The minimum atomic E-state index is -0.164. The highest BCUT2D eigenvalue weighted by Crippen LogP contribution is 2.35. The van der Waals surface area contributed by atoms with Crippen LogP contribution in [0.1, 0.15) is 52.4 Å². The molecule has 1 N–H and O–H groups in total. The highest BCUT2D eigenvalue weighted by molar-refractivity contribution is 6.22. The summed E-state index contributed by atoms with van der Waals surface area (Å²) in [5, 5.41) is 3.28. The Morgan fingerprint density at radius 1 is 1.00 bits per heavy atom. The van der Waals surface area contributed by atoms with E-state index in [0.717, 1.165) is 31.5 Å². The Balaban J connectivity index is 2.27. The lowest BCUT2D eigenvalue weighted by molar-refractivity contribution is -0.127. The Bertz CT molecular complexity index is 348. The summed E-state index contributed by atoms with van der Waals surface area (Å²) < 4.78 is 0. The van der Waals surface area contributed by atoms with Gasteiger partial charge in [-0.05, 0) is 24.7 Å². The van der Waals surface area contributed by atoms with Crippen molar-refractivity contribution in [3.63, 3.8) is 0 Å². The van der Waals surface area contributed by atoms with Gasteiger partial charge in [-0.25, -0.2) is 0 Å². The van der Waals surface area contributed by atoms with Crippen LogP contribution in [0.5, 0.6) is 0 Å². The zero-order chi connectivity index (χ0) is 12.5. The lowest BCUT2D eigenvalue weighted by atomic mass is 9.73. The standard InChI is InChI=1S/C14H21NO2/c1-14(2)8-11(16)13(12(17)9-14)10-6-4-3-5-7-15-10/h15H,3-9H2,1-2H3. The molecule has 2 rings (SSSR count). The molecule has 0 atom stereocenters. The van der Waals surface area contributed by atoms with Gasteiger partial charge in [-0.1, -0.05) is 20.3 Å². The smallest absolute Gasteiger partial charge is 0.168 e. The van der Waals surface area contributed by atoms with Crippen molar-refractivity contribution in [2.75, 3.05) is 6.54 Å². The molecule has 2 aliphatic rings. The predicted octanol–water partition coefficient (Wildman–Crippen LogP) is 2.36. The second kappa shape index (κ2) is 4.63. The van der Waals surface area contributed by atoms with Gasteiger partial charge in [0.05, 0.1) is 5.57 Å². The lowest BCUT2D eigenvalue weighted by Crippen LogP contribution is -2.34. The second-order valence-corrected chi connectivity index (χ2v) is 5.96. The summed E-state index contributed by atoms with van der Waals surface area (Å²) in [5.74, 6) is 0.0753. The molecule has 0 aromatic carbocycles. The number of ketones is 2. The van der Waals surface area contributed by atoms with Crippen molar-refractivity contribution >= 4 is 11.6 Å². The molecular formula is C14H21NO2. The van der Waals surface area contributed by atoms with E-state index in [1.807, 2.05) is 13.8 Å². The number of hydrogen-bond acceptors (Lipinski definition) is 3. The van der Waals surface area contributed by atoms with Crippen LogP contribution in [0.25, 0.3) is 0 Å². The quantitative estimate of drug-likeness (QED) is 0.518. The van der Waals surface area contributed by atoms with Crippen molar-refractivity contribution in [2.24, 2.45) is 5.41 Å². The minimum Gasteiger partial charge on any atom is -0.388 e. The van der Waals surface area contributed by atoms with Crippen molar-refractivity contribution in [2.45, 2.75) is 52.4 Å². The zero-order valence-electron chi connectivity index (χ0n) is 10.8. The van der Waals surface area contributed by atoms with Crippen LogP contribution in [-0.2, 0) is 9.59 Å². The Kier molecular flexibility index (Phi) is 3.36. The van der Waals surface area contributed by atoms with E-state index in [1.165, 1.54) is 6.42 Å². The summed E-state index contributed by atoms with van der Waals surface area (Å²) in [7, 11) is 0. The van der Waals surface area contributed by atoms with Gasteiger partial charge in [0.2, 0.25) is 0 Å². The maximum Gasteiger partial charge on any atom is 0.168 e. The number of allylic oxidation sites excluding steroid dienone is 2. The van der Waals surface area contributed by atoms with Gasteiger partial charge in [0.25, 0.3) is 0 Å². The Hall–Kier alpha value is -1.12. The van der Waals surface area contributed by atoms with Crippen molar-refractivity contribution in [1.82, 2.24) is 5.32 Å². The molecule has 2 fully saturated rings. The highest BCUT2D eigenvalue weighted by atomic mass is 16.2. The van der Waals surface area contributed by atoms with Crippen molar-refractivity contribution in [1.29, 1.82) is 0 Å². The van der Waals surface area contributed by atoms with Crippen LogP contribution in [0.15, 0.2) is 11.3 Å². The fourth-order valence-electron chi connectivity index (χ4n) is 2.75. The van der Waals surface area contributed by atoms with Gasteiger partial charge in [0.15, 0.2) is 11.6 Å². The zero-order valence-corrected chi connectivity index (χ0v) is 10.8. The van der Waals surface area contributed by atoms with Gasteiger partial charge < -0.3 is 5.32 Å². The maximum absolute atomic E-state index is 12.1. The van der Waals surface area contributed by atoms with Crippen LogP contribution in [0.2, 0.25) is 0 Å². The van der Waals surface area contributed by atoms with E-state index < -0.39 is 0 Å². The summed E-state index contributed by atoms with van der Waals surface area (Å²) in [6.07, 6.45) is 5.24. The topological polar surface area (TPSA) is 46.2 Å². The van der Waals surface area contributed by atoms with Crippen LogP contribution in [0.4, 0.5) is 0 Å². The van der Waals surface area contributed by atoms with E-state index in [0.29, 0.717) is 18.4 Å². The molecule has 17 heavy (non-hydrogen) atoms. The molecule has 0 radical (unpaired) electrons. The van der Waals surface area contributed by atoms with Gasteiger partial charge >= 0.3 is 0 Å². The first kappa shape index (κ1) is 12.3. The molecule has 0 spiro atoms. The van der Waals surface area contributed by atoms with Crippen LogP contribution < -0.4 is 5.32 Å². The van der Waals surface area contributed by atoms with Crippen LogP contribution >= 0.6 is 0 Å². The molecule has 1 saturated heterocycles. The minimum absolute atomic E-state index is 0.0376. The molecule has 3 nitrogen and oxygen atoms in total. The molecule has 0 bridgehead atoms. The van der Waals surface area contributed by atoms with Gasteiger partial charge in [0, 0.05) is 25.1 Å². The van der Waals surface area contributed by atoms with Gasteiger partial charge in [-0.2, -0.15) is 0 Å². The number of Topliss-reactive ketones (excluding diaryl/α,β-unsaturated/α-hetero) is 2. The number of carbonyl (C=O) groups excluding carboxylic acids is 2. The first-order chi connectivity index (χ1) is 7.99. The fraction of sp³-hybridized carbons (Fsp3) is 0.714. The average Bonchev–Trinajstić information content (AvgIpc) is 2.43. The van der Waals surface area contributed by atoms with Crippen LogP contribution in [0.3, 0.4) is 0 Å². The van der Waals surface area contributed by atoms with Crippen LogP contribution in [-0.4, -0.2) is 18.1 Å². The normalized spacial score (nSPS) is 25.5. The number of carbonyl (C=O) groups is 2. The maximum atomic E-state index is 12.1. The van der Waals surface area contributed by atoms with Crippen molar-refractivity contribution < 1.29 is 9.59 Å². The third-order valence-corrected chi connectivity index (χ3v) is 3.58. The first-order valence-corrected chi connectivity index (χ1v) is 6.53. The monoisotopic (exact) mass is 235 g/mol. The van der Waals surface area contributed by atoms with Gasteiger partial charge in [0.1, 0.15) is 0 Å². The Labute approximate surface area is 103 Å². The lowest BCUT2D eigenvalue weighted by Gasteiger charge is -2.29. The van der Waals surface area contributed by atoms with Crippen molar-refractivity contribution in [3.8, 4) is 0 Å². The van der Waals surface area contributed by atoms with E-state index in [-0.39, 0.29) is 17.0 Å². The molecular weight excluding hydrogens is 214 g/mol. The molecule has 1 saturated carbocycles. The molecule has 0 unspecified atom stereocenters. The highest BCUT2D eigenvalue weighted by Gasteiger charge is 2.37.